The maximum absolute atomic E-state index is 13.2. The zero-order valence-corrected chi connectivity index (χ0v) is 24.0. The molecule has 0 atom stereocenters. The van der Waals surface area contributed by atoms with Gasteiger partial charge in [0.15, 0.2) is 18.1 Å². The van der Waals surface area contributed by atoms with Gasteiger partial charge in [-0.3, -0.25) is 19.7 Å². The van der Waals surface area contributed by atoms with Crippen molar-refractivity contribution in [3.05, 3.63) is 85.5 Å². The summed E-state index contributed by atoms with van der Waals surface area (Å²) in [6, 6.07) is 14.2. The van der Waals surface area contributed by atoms with Gasteiger partial charge >= 0.3 is 6.03 Å². The van der Waals surface area contributed by atoms with E-state index >= 15 is 0 Å². The SMILES string of the molecule is COc1cc(/C=C2\C(=O)NC(=O)N(c3cccc(Cl)c3)C2=O)cc(I)c1OCC(=O)Nc1ccc(C)cc1C. The van der Waals surface area contributed by atoms with Crippen LogP contribution < -0.4 is 25.0 Å². The zero-order valence-electron chi connectivity index (χ0n) is 21.1. The molecule has 4 rings (SSSR count). The highest BCUT2D eigenvalue weighted by atomic mass is 127. The van der Waals surface area contributed by atoms with Gasteiger partial charge in [-0.05, 0) is 90.0 Å². The third-order valence-electron chi connectivity index (χ3n) is 5.73. The summed E-state index contributed by atoms with van der Waals surface area (Å²) in [7, 11) is 1.43. The van der Waals surface area contributed by atoms with E-state index in [9.17, 15) is 19.2 Å². The summed E-state index contributed by atoms with van der Waals surface area (Å²) in [6.07, 6.45) is 1.35. The van der Waals surface area contributed by atoms with E-state index in [2.05, 4.69) is 10.6 Å². The molecule has 1 aliphatic rings. The molecule has 0 spiro atoms. The fourth-order valence-corrected chi connectivity index (χ4v) is 4.88. The Morgan fingerprint density at radius 2 is 1.87 bits per heavy atom. The molecule has 1 fully saturated rings. The van der Waals surface area contributed by atoms with Crippen molar-refractivity contribution in [2.24, 2.45) is 0 Å². The average Bonchev–Trinajstić information content (AvgIpc) is 2.87. The van der Waals surface area contributed by atoms with Crippen molar-refractivity contribution in [3.63, 3.8) is 0 Å². The number of ether oxygens (including phenoxy) is 2. The molecule has 11 heteroatoms. The van der Waals surface area contributed by atoms with Gasteiger partial charge in [0, 0.05) is 10.7 Å². The topological polar surface area (TPSA) is 114 Å². The van der Waals surface area contributed by atoms with Gasteiger partial charge < -0.3 is 14.8 Å². The molecule has 39 heavy (non-hydrogen) atoms. The second kappa shape index (κ2) is 11.9. The van der Waals surface area contributed by atoms with Crippen molar-refractivity contribution in [1.82, 2.24) is 5.32 Å². The Hall–Kier alpha value is -3.90. The van der Waals surface area contributed by atoms with Crippen LogP contribution in [0.4, 0.5) is 16.2 Å². The van der Waals surface area contributed by atoms with Crippen LogP contribution in [0.15, 0.2) is 60.2 Å². The number of carbonyl (C=O) groups excluding carboxylic acids is 4. The average molecular weight is 660 g/mol. The fourth-order valence-electron chi connectivity index (χ4n) is 3.91. The highest BCUT2D eigenvalue weighted by molar-refractivity contribution is 14.1. The molecule has 0 aromatic heterocycles. The highest BCUT2D eigenvalue weighted by Crippen LogP contribution is 2.35. The number of carbonyl (C=O) groups is 4. The Kier molecular flexibility index (Phi) is 8.56. The molecule has 1 aliphatic heterocycles. The van der Waals surface area contributed by atoms with Gasteiger partial charge in [0.25, 0.3) is 17.7 Å². The van der Waals surface area contributed by atoms with Gasteiger partial charge in [-0.1, -0.05) is 35.4 Å². The van der Waals surface area contributed by atoms with Crippen LogP contribution in [0, 0.1) is 17.4 Å². The minimum atomic E-state index is -0.876. The highest BCUT2D eigenvalue weighted by Gasteiger charge is 2.37. The van der Waals surface area contributed by atoms with Gasteiger partial charge in [-0.15, -0.1) is 0 Å². The van der Waals surface area contributed by atoms with Crippen molar-refractivity contribution >= 4 is 75.4 Å². The lowest BCUT2D eigenvalue weighted by Gasteiger charge is -2.26. The predicted octanol–water partition coefficient (Wildman–Crippen LogP) is 5.25. The number of amides is 5. The van der Waals surface area contributed by atoms with E-state index in [1.807, 2.05) is 54.6 Å². The second-order valence-electron chi connectivity index (χ2n) is 8.63. The number of methoxy groups -OCH3 is 1. The van der Waals surface area contributed by atoms with Gasteiger partial charge in [-0.2, -0.15) is 0 Å². The number of anilines is 2. The maximum Gasteiger partial charge on any atom is 0.335 e. The van der Waals surface area contributed by atoms with Gasteiger partial charge in [0.1, 0.15) is 5.57 Å². The number of halogens is 2. The fraction of sp³-hybridized carbons (Fsp3) is 0.143. The Morgan fingerprint density at radius 3 is 2.56 bits per heavy atom. The lowest BCUT2D eigenvalue weighted by Crippen LogP contribution is -2.54. The first kappa shape index (κ1) is 28.1. The van der Waals surface area contributed by atoms with E-state index < -0.39 is 17.8 Å². The summed E-state index contributed by atoms with van der Waals surface area (Å²) >= 11 is 8.02. The van der Waals surface area contributed by atoms with Gasteiger partial charge in [0.05, 0.1) is 16.4 Å². The second-order valence-corrected chi connectivity index (χ2v) is 10.2. The maximum atomic E-state index is 13.2. The van der Waals surface area contributed by atoms with Crippen molar-refractivity contribution in [1.29, 1.82) is 0 Å². The molecule has 0 bridgehead atoms. The number of hydrogen-bond donors (Lipinski definition) is 2. The Balaban J connectivity index is 1.55. The van der Waals surface area contributed by atoms with Gasteiger partial charge in [0.2, 0.25) is 0 Å². The summed E-state index contributed by atoms with van der Waals surface area (Å²) in [5.41, 5.74) is 3.13. The van der Waals surface area contributed by atoms with Crippen LogP contribution in [0.3, 0.4) is 0 Å². The molecule has 1 saturated heterocycles. The van der Waals surface area contributed by atoms with E-state index in [1.165, 1.54) is 25.3 Å². The molecule has 2 N–H and O–H groups in total. The van der Waals surface area contributed by atoms with E-state index in [-0.39, 0.29) is 23.8 Å². The van der Waals surface area contributed by atoms with Crippen LogP contribution in [0.5, 0.6) is 11.5 Å². The van der Waals surface area contributed by atoms with Crippen molar-refractivity contribution in [3.8, 4) is 11.5 Å². The Morgan fingerprint density at radius 1 is 1.10 bits per heavy atom. The van der Waals surface area contributed by atoms with Crippen molar-refractivity contribution in [2.75, 3.05) is 23.9 Å². The largest absolute Gasteiger partial charge is 0.493 e. The quantitative estimate of drug-likeness (QED) is 0.204. The smallest absolute Gasteiger partial charge is 0.335 e. The van der Waals surface area contributed by atoms with Crippen LogP contribution in [0.2, 0.25) is 5.02 Å². The first-order valence-electron chi connectivity index (χ1n) is 11.6. The minimum Gasteiger partial charge on any atom is -0.493 e. The number of rotatable bonds is 7. The van der Waals surface area contributed by atoms with E-state index in [4.69, 9.17) is 21.1 Å². The molecular weight excluding hydrogens is 637 g/mol. The van der Waals surface area contributed by atoms with Crippen LogP contribution in [0.1, 0.15) is 16.7 Å². The molecule has 0 unspecified atom stereocenters. The summed E-state index contributed by atoms with van der Waals surface area (Å²) in [5, 5.41) is 5.33. The normalized spacial score (nSPS) is 14.3. The number of imide groups is 2. The number of urea groups is 1. The minimum absolute atomic E-state index is 0.221. The molecule has 1 heterocycles. The van der Waals surface area contributed by atoms with Crippen LogP contribution in [-0.4, -0.2) is 37.5 Å². The zero-order chi connectivity index (χ0) is 28.3. The van der Waals surface area contributed by atoms with E-state index in [0.29, 0.717) is 31.3 Å². The first-order valence-corrected chi connectivity index (χ1v) is 13.1. The standard InChI is InChI=1S/C28H23ClIN3O6/c1-15-7-8-22(16(2)9-15)31-24(34)14-39-25-21(30)11-17(12-23(25)38-3)10-20-26(35)32-28(37)33(27(20)36)19-6-4-5-18(29)13-19/h4-13H,14H2,1-3H3,(H,31,34)(H,32,35,37)/b20-10+. The number of nitrogens with one attached hydrogen (secondary N) is 2. The molecule has 3 aromatic carbocycles. The van der Waals surface area contributed by atoms with E-state index in [1.54, 1.807) is 24.3 Å². The van der Waals surface area contributed by atoms with Crippen LogP contribution in [-0.2, 0) is 14.4 Å². The monoisotopic (exact) mass is 659 g/mol. The predicted molar refractivity (Wildman–Crippen MR) is 156 cm³/mol. The number of hydrogen-bond acceptors (Lipinski definition) is 6. The Bertz CT molecular complexity index is 1540. The molecule has 5 amide bonds. The molecule has 0 saturated carbocycles. The first-order chi connectivity index (χ1) is 18.6. The lowest BCUT2D eigenvalue weighted by atomic mass is 10.1. The van der Waals surface area contributed by atoms with Crippen molar-refractivity contribution in [2.45, 2.75) is 13.8 Å². The van der Waals surface area contributed by atoms with Gasteiger partial charge in [-0.25, -0.2) is 9.69 Å². The summed E-state index contributed by atoms with van der Waals surface area (Å²) < 4.78 is 11.8. The summed E-state index contributed by atoms with van der Waals surface area (Å²) in [6.45, 7) is 3.61. The van der Waals surface area contributed by atoms with Crippen LogP contribution in [0.25, 0.3) is 6.08 Å². The van der Waals surface area contributed by atoms with E-state index in [0.717, 1.165) is 16.0 Å². The number of barbiturate groups is 1. The summed E-state index contributed by atoms with van der Waals surface area (Å²) in [4.78, 5) is 51.5. The number of aryl methyl sites for hydroxylation is 2. The Labute approximate surface area is 243 Å². The lowest BCUT2D eigenvalue weighted by molar-refractivity contribution is -0.122. The molecule has 200 valence electrons. The third-order valence-corrected chi connectivity index (χ3v) is 6.77. The number of benzene rings is 3. The molecule has 0 radical (unpaired) electrons. The molecule has 9 nitrogen and oxygen atoms in total. The van der Waals surface area contributed by atoms with Crippen molar-refractivity contribution < 1.29 is 28.7 Å². The number of nitrogens with zero attached hydrogens (tertiary/aromatic N) is 1. The third kappa shape index (κ3) is 6.40. The molecular formula is C28H23ClIN3O6. The van der Waals surface area contributed by atoms with Crippen LogP contribution >= 0.6 is 34.2 Å². The molecule has 0 aliphatic carbocycles. The molecule has 3 aromatic rings. The summed E-state index contributed by atoms with van der Waals surface area (Å²) in [5.74, 6) is -1.36.